The molecule has 0 amide bonds. The van der Waals surface area contributed by atoms with Gasteiger partial charge < -0.3 is 9.47 Å². The Morgan fingerprint density at radius 1 is 1.28 bits per heavy atom. The lowest BCUT2D eigenvalue weighted by atomic mass is 9.81. The second kappa shape index (κ2) is 6.57. The lowest BCUT2D eigenvalue weighted by Gasteiger charge is -2.30. The predicted molar refractivity (Wildman–Crippen MR) is 67.9 cm³/mol. The van der Waals surface area contributed by atoms with Crippen molar-refractivity contribution in [1.82, 2.24) is 0 Å². The van der Waals surface area contributed by atoms with Gasteiger partial charge in [-0.2, -0.15) is 0 Å². The maximum absolute atomic E-state index is 11.8. The number of rotatable bonds is 4. The molecule has 18 heavy (non-hydrogen) atoms. The molecule has 2 atom stereocenters. The molecule has 1 rings (SSSR count). The van der Waals surface area contributed by atoms with Crippen LogP contribution in [0.2, 0.25) is 0 Å². The lowest BCUT2D eigenvalue weighted by molar-refractivity contribution is -0.148. The minimum Gasteiger partial charge on any atom is -0.466 e. The number of ether oxygens (including phenoxy) is 2. The Hall–Kier alpha value is -1.32. The number of hydrogen-bond donors (Lipinski definition) is 0. The Kier molecular flexibility index (Phi) is 5.38. The van der Waals surface area contributed by atoms with E-state index in [4.69, 9.17) is 9.47 Å². The molecule has 102 valence electrons. The molecule has 1 aliphatic carbocycles. The molecule has 0 aromatic rings. The van der Waals surface area contributed by atoms with Crippen molar-refractivity contribution in [3.63, 3.8) is 0 Å². The van der Waals surface area contributed by atoms with Crippen molar-refractivity contribution in [3.8, 4) is 0 Å². The first-order valence-electron chi connectivity index (χ1n) is 6.54. The third-order valence-corrected chi connectivity index (χ3v) is 3.40. The van der Waals surface area contributed by atoms with Gasteiger partial charge in [0, 0.05) is 6.92 Å². The van der Waals surface area contributed by atoms with Crippen molar-refractivity contribution >= 4 is 11.9 Å². The topological polar surface area (TPSA) is 52.6 Å². The number of hydrogen-bond acceptors (Lipinski definition) is 4. The van der Waals surface area contributed by atoms with Crippen LogP contribution in [0.4, 0.5) is 0 Å². The zero-order valence-electron chi connectivity index (χ0n) is 11.6. The van der Waals surface area contributed by atoms with Crippen molar-refractivity contribution in [1.29, 1.82) is 0 Å². The summed E-state index contributed by atoms with van der Waals surface area (Å²) in [5, 5.41) is 0. The molecule has 4 nitrogen and oxygen atoms in total. The summed E-state index contributed by atoms with van der Waals surface area (Å²) in [5.41, 5.74) is 2.07. The molecule has 0 saturated heterocycles. The first kappa shape index (κ1) is 14.7. The van der Waals surface area contributed by atoms with E-state index in [0.717, 1.165) is 17.6 Å². The molecule has 0 fully saturated rings. The molecular weight excluding hydrogens is 232 g/mol. The summed E-state index contributed by atoms with van der Waals surface area (Å²) < 4.78 is 10.4. The van der Waals surface area contributed by atoms with Crippen LogP contribution in [0, 0.1) is 5.92 Å². The van der Waals surface area contributed by atoms with E-state index in [1.807, 2.05) is 20.8 Å². The van der Waals surface area contributed by atoms with Gasteiger partial charge in [0.05, 0.1) is 12.5 Å². The molecule has 0 saturated carbocycles. The molecule has 0 radical (unpaired) electrons. The highest BCUT2D eigenvalue weighted by atomic mass is 16.5. The highest BCUT2D eigenvalue weighted by Gasteiger charge is 2.33. The molecule has 1 aliphatic rings. The van der Waals surface area contributed by atoms with Crippen LogP contribution in [0.1, 0.15) is 47.0 Å². The van der Waals surface area contributed by atoms with Gasteiger partial charge in [-0.05, 0) is 38.7 Å². The SMILES string of the molecule is CCOC(=O)C1CCC(OC(C)=O)C(CC)=C1C. The van der Waals surface area contributed by atoms with Crippen molar-refractivity contribution < 1.29 is 19.1 Å². The van der Waals surface area contributed by atoms with Crippen LogP contribution in [0.5, 0.6) is 0 Å². The molecule has 0 N–H and O–H groups in total. The molecule has 4 heteroatoms. The minimum absolute atomic E-state index is 0.165. The van der Waals surface area contributed by atoms with Gasteiger partial charge in [-0.25, -0.2) is 0 Å². The van der Waals surface area contributed by atoms with E-state index in [1.54, 1.807) is 0 Å². The Labute approximate surface area is 108 Å². The number of carbonyl (C=O) groups excluding carboxylic acids is 2. The molecule has 0 aromatic carbocycles. The summed E-state index contributed by atoms with van der Waals surface area (Å²) in [6.07, 6.45) is 2.01. The first-order valence-corrected chi connectivity index (χ1v) is 6.54. The van der Waals surface area contributed by atoms with E-state index in [1.165, 1.54) is 6.92 Å². The summed E-state index contributed by atoms with van der Waals surface area (Å²) in [7, 11) is 0. The third kappa shape index (κ3) is 3.34. The third-order valence-electron chi connectivity index (χ3n) is 3.40. The Morgan fingerprint density at radius 2 is 1.94 bits per heavy atom. The van der Waals surface area contributed by atoms with Gasteiger partial charge in [-0.1, -0.05) is 12.5 Å². The van der Waals surface area contributed by atoms with E-state index in [2.05, 4.69) is 0 Å². The fraction of sp³-hybridized carbons (Fsp3) is 0.714. The average Bonchev–Trinajstić information content (AvgIpc) is 2.29. The summed E-state index contributed by atoms with van der Waals surface area (Å²) in [4.78, 5) is 22.9. The van der Waals surface area contributed by atoms with Gasteiger partial charge in [0.25, 0.3) is 0 Å². The Balaban J connectivity index is 2.90. The number of carbonyl (C=O) groups is 2. The summed E-state index contributed by atoms with van der Waals surface area (Å²) in [5.74, 6) is -0.609. The number of esters is 2. The molecule has 2 unspecified atom stereocenters. The summed E-state index contributed by atoms with van der Waals surface area (Å²) in [6, 6.07) is 0. The van der Waals surface area contributed by atoms with Gasteiger partial charge >= 0.3 is 11.9 Å². The zero-order chi connectivity index (χ0) is 13.7. The van der Waals surface area contributed by atoms with E-state index >= 15 is 0 Å². The van der Waals surface area contributed by atoms with Crippen LogP contribution in [0.3, 0.4) is 0 Å². The van der Waals surface area contributed by atoms with Crippen LogP contribution in [0.15, 0.2) is 11.1 Å². The maximum Gasteiger partial charge on any atom is 0.313 e. The quantitative estimate of drug-likeness (QED) is 0.571. The normalized spacial score (nSPS) is 23.8. The highest BCUT2D eigenvalue weighted by molar-refractivity contribution is 5.76. The molecule has 0 spiro atoms. The monoisotopic (exact) mass is 254 g/mol. The fourth-order valence-corrected chi connectivity index (χ4v) is 2.56. The molecule has 0 aromatic heterocycles. The molecular formula is C14H22O4. The van der Waals surface area contributed by atoms with E-state index < -0.39 is 0 Å². The maximum atomic E-state index is 11.8. The van der Waals surface area contributed by atoms with Crippen LogP contribution in [-0.2, 0) is 19.1 Å². The van der Waals surface area contributed by atoms with Crippen molar-refractivity contribution in [2.75, 3.05) is 6.61 Å². The van der Waals surface area contributed by atoms with Crippen molar-refractivity contribution in [2.24, 2.45) is 5.92 Å². The van der Waals surface area contributed by atoms with Gasteiger partial charge in [0.1, 0.15) is 6.10 Å². The second-order valence-electron chi connectivity index (χ2n) is 4.54. The smallest absolute Gasteiger partial charge is 0.313 e. The van der Waals surface area contributed by atoms with Crippen LogP contribution < -0.4 is 0 Å². The van der Waals surface area contributed by atoms with Gasteiger partial charge in [-0.15, -0.1) is 0 Å². The van der Waals surface area contributed by atoms with Gasteiger partial charge in [-0.3, -0.25) is 9.59 Å². The Morgan fingerprint density at radius 3 is 2.44 bits per heavy atom. The van der Waals surface area contributed by atoms with E-state index in [9.17, 15) is 9.59 Å². The largest absolute Gasteiger partial charge is 0.466 e. The van der Waals surface area contributed by atoms with Crippen LogP contribution in [0.25, 0.3) is 0 Å². The van der Waals surface area contributed by atoms with Crippen LogP contribution >= 0.6 is 0 Å². The minimum atomic E-state index is -0.270. The van der Waals surface area contributed by atoms with Gasteiger partial charge in [0.15, 0.2) is 0 Å². The zero-order valence-corrected chi connectivity index (χ0v) is 11.6. The van der Waals surface area contributed by atoms with Gasteiger partial charge in [0.2, 0.25) is 0 Å². The lowest BCUT2D eigenvalue weighted by Crippen LogP contribution is -2.31. The molecule has 0 heterocycles. The first-order chi connectivity index (χ1) is 8.51. The van der Waals surface area contributed by atoms with Crippen molar-refractivity contribution in [3.05, 3.63) is 11.1 Å². The Bertz CT molecular complexity index is 357. The summed E-state index contributed by atoms with van der Waals surface area (Å²) in [6.45, 7) is 7.58. The average molecular weight is 254 g/mol. The van der Waals surface area contributed by atoms with Crippen LogP contribution in [-0.4, -0.2) is 24.6 Å². The fourth-order valence-electron chi connectivity index (χ4n) is 2.56. The van der Waals surface area contributed by atoms with Crippen molar-refractivity contribution in [2.45, 2.75) is 53.1 Å². The molecule has 0 aliphatic heterocycles. The second-order valence-corrected chi connectivity index (χ2v) is 4.54. The summed E-state index contributed by atoms with van der Waals surface area (Å²) >= 11 is 0. The predicted octanol–water partition coefficient (Wildman–Crippen LogP) is 2.62. The molecule has 0 bridgehead atoms. The van der Waals surface area contributed by atoms with E-state index in [-0.39, 0.29) is 24.0 Å². The highest BCUT2D eigenvalue weighted by Crippen LogP contribution is 2.34. The standard InChI is InChI=1S/C14H22O4/c1-5-11-9(3)12(14(16)17-6-2)7-8-13(11)18-10(4)15/h12-13H,5-8H2,1-4H3. The van der Waals surface area contributed by atoms with E-state index in [0.29, 0.717) is 19.4 Å².